The fourth-order valence-corrected chi connectivity index (χ4v) is 5.78. The molecule has 8 aromatic carbocycles. The molecule has 45 heavy (non-hydrogen) atoms. The zero-order chi connectivity index (χ0) is 47.1. The Balaban J connectivity index is 1.53. The van der Waals surface area contributed by atoms with Crippen molar-refractivity contribution >= 4 is 43.4 Å². The van der Waals surface area contributed by atoms with E-state index in [2.05, 4.69) is 0 Å². The average Bonchev–Trinajstić information content (AvgIpc) is 3.68. The van der Waals surface area contributed by atoms with Crippen LogP contribution >= 0.6 is 0 Å². The van der Waals surface area contributed by atoms with Crippen LogP contribution in [0.5, 0.6) is 0 Å². The second kappa shape index (κ2) is 10.3. The lowest BCUT2D eigenvalue weighted by atomic mass is 9.84. The third-order valence-electron chi connectivity index (χ3n) is 7.61. The molecule has 0 spiro atoms. The van der Waals surface area contributed by atoms with Crippen LogP contribution in [0.3, 0.4) is 0 Å². The summed E-state index contributed by atoms with van der Waals surface area (Å²) < 4.78 is 179. The van der Waals surface area contributed by atoms with Crippen LogP contribution in [-0.4, -0.2) is 9.55 Å². The van der Waals surface area contributed by atoms with Crippen molar-refractivity contribution in [1.29, 1.82) is 0 Å². The van der Waals surface area contributed by atoms with Crippen molar-refractivity contribution < 1.29 is 27.4 Å². The number of benzene rings is 8. The molecule has 0 aliphatic rings. The fraction of sp³-hybridized carbons (Fsp3) is 0. The Hall–Kier alpha value is -5.99. The number of hydrogen-bond donors (Lipinski definition) is 0. The van der Waals surface area contributed by atoms with Crippen LogP contribution in [0.2, 0.25) is 0 Å². The molecule has 9 rings (SSSR count). The summed E-state index contributed by atoms with van der Waals surface area (Å²) in [4.78, 5) is 4.70. The van der Waals surface area contributed by atoms with E-state index in [4.69, 9.17) is 25.5 Å². The normalized spacial score (nSPS) is 17.8. The lowest BCUT2D eigenvalue weighted by Crippen LogP contribution is -1.98. The highest BCUT2D eigenvalue weighted by Crippen LogP contribution is 2.45. The van der Waals surface area contributed by atoms with Crippen molar-refractivity contribution in [3.63, 3.8) is 0 Å². The van der Waals surface area contributed by atoms with E-state index in [0.29, 0.717) is 11.0 Å². The van der Waals surface area contributed by atoms with Crippen molar-refractivity contribution in [3.8, 4) is 39.3 Å². The molecule has 0 atom stereocenters. The lowest BCUT2D eigenvalue weighted by Gasteiger charge is -2.19. The number of aromatic nitrogens is 2. The summed E-state index contributed by atoms with van der Waals surface area (Å²) in [5.41, 5.74) is -0.219. The third-order valence-corrected chi connectivity index (χ3v) is 7.61. The van der Waals surface area contributed by atoms with Crippen LogP contribution < -0.4 is 0 Å². The molecule has 0 aliphatic heterocycles. The van der Waals surface area contributed by atoms with Gasteiger partial charge in [0.15, 0.2) is 0 Å². The van der Waals surface area contributed by atoms with Crippen LogP contribution in [0.1, 0.15) is 27.4 Å². The first-order chi connectivity index (χ1) is 30.6. The molecule has 0 radical (unpaired) electrons. The van der Waals surface area contributed by atoms with Gasteiger partial charge in [0.1, 0.15) is 5.82 Å². The van der Waals surface area contributed by atoms with Gasteiger partial charge in [0, 0.05) is 11.3 Å². The molecule has 1 heterocycles. The van der Waals surface area contributed by atoms with Crippen LogP contribution in [0.15, 0.2) is 169 Å². The first kappa shape index (κ1) is 12.6. The molecule has 0 saturated heterocycles. The van der Waals surface area contributed by atoms with Crippen LogP contribution in [0.4, 0.5) is 0 Å². The van der Waals surface area contributed by atoms with Crippen LogP contribution in [-0.2, 0) is 0 Å². The number of para-hydroxylation sites is 2. The average molecular weight is 593 g/mol. The summed E-state index contributed by atoms with van der Waals surface area (Å²) in [7, 11) is 0. The predicted molar refractivity (Wildman–Crippen MR) is 190 cm³/mol. The highest BCUT2D eigenvalue weighted by atomic mass is 15.1. The molecule has 9 aromatic rings. The van der Waals surface area contributed by atoms with Gasteiger partial charge in [0.2, 0.25) is 0 Å². The van der Waals surface area contributed by atoms with Crippen molar-refractivity contribution in [2.75, 3.05) is 0 Å². The zero-order valence-corrected chi connectivity index (χ0v) is 23.0. The van der Waals surface area contributed by atoms with Gasteiger partial charge in [-0.25, -0.2) is 4.98 Å². The zero-order valence-electron chi connectivity index (χ0n) is 43.0. The minimum Gasteiger partial charge on any atom is -0.292 e. The largest absolute Gasteiger partial charge is 0.292 e. The van der Waals surface area contributed by atoms with Gasteiger partial charge in [-0.2, -0.15) is 0 Å². The minimum absolute atomic E-state index is 0.0577. The summed E-state index contributed by atoms with van der Waals surface area (Å²) in [5, 5.41) is -2.45. The van der Waals surface area contributed by atoms with E-state index in [1.54, 1.807) is 36.4 Å². The molecule has 0 unspecified atom stereocenters. The molecule has 210 valence electrons. The van der Waals surface area contributed by atoms with Crippen LogP contribution in [0.25, 0.3) is 82.7 Å². The van der Waals surface area contributed by atoms with E-state index in [9.17, 15) is 6.85 Å². The van der Waals surface area contributed by atoms with E-state index in [-0.39, 0.29) is 39.0 Å². The highest BCUT2D eigenvalue weighted by Gasteiger charge is 2.19. The maximum atomic E-state index is 9.43. The van der Waals surface area contributed by atoms with E-state index in [1.165, 1.54) is 16.7 Å². The Bertz CT molecular complexity index is 3560. The van der Waals surface area contributed by atoms with Gasteiger partial charge in [-0.15, -0.1) is 0 Å². The summed E-state index contributed by atoms with van der Waals surface area (Å²) in [6, 6.07) is -1.39. The number of fused-ring (bicyclic) bond motifs is 4. The first-order valence-corrected chi connectivity index (χ1v) is 13.8. The van der Waals surface area contributed by atoms with Crippen molar-refractivity contribution in [2.45, 2.75) is 0 Å². The van der Waals surface area contributed by atoms with Gasteiger partial charge in [-0.1, -0.05) is 145 Å². The van der Waals surface area contributed by atoms with E-state index < -0.39 is 154 Å². The quantitative estimate of drug-likeness (QED) is 0.186. The second-order valence-electron chi connectivity index (χ2n) is 10.1. The standard InChI is InChI=1S/C43H28N2/c1-2-15-30(16-3-1)43-44-39-26-10-11-27-40(39)45(43)32-19-12-18-31(28-32)41-35-21-6-8-23-37(35)42(38-24-9-7-22-36(38)41)34-25-13-17-29-14-4-5-20-33(29)34/h1-28H/i1D,2D,3D,4D,5D,6D,7D,8D,9D,13D,14D,15D,16D,17D,20D,21D,22D,23D,24D,25D. The monoisotopic (exact) mass is 592 g/mol. The SMILES string of the molecule is [2H]c1c([2H])c([2H])c(-c2nc3ccccc3n2-c2cccc(-c3c4c([2H])c([2H])c([2H])c([2H])c4c(-c4c([2H])c([2H])c([2H])c5c([2H])c([2H])c([2H])c([2H])c45)c4c([2H])c([2H])c([2H])c([2H])c34)c2)c([2H])c1[2H]. The van der Waals surface area contributed by atoms with Crippen molar-refractivity contribution in [3.05, 3.63) is 169 Å². The van der Waals surface area contributed by atoms with Gasteiger partial charge in [-0.3, -0.25) is 4.57 Å². The van der Waals surface area contributed by atoms with Crippen LogP contribution in [0, 0.1) is 0 Å². The summed E-state index contributed by atoms with van der Waals surface area (Å²) in [5.74, 6) is -0.0577. The Morgan fingerprint density at radius 1 is 0.489 bits per heavy atom. The molecule has 2 nitrogen and oxygen atoms in total. The second-order valence-corrected chi connectivity index (χ2v) is 10.1. The molecule has 0 N–H and O–H groups in total. The summed E-state index contributed by atoms with van der Waals surface area (Å²) in [6.45, 7) is 0. The predicted octanol–water partition coefficient (Wildman–Crippen LogP) is 11.5. The van der Waals surface area contributed by atoms with E-state index in [1.807, 2.05) is 0 Å². The maximum Gasteiger partial charge on any atom is 0.145 e. The lowest BCUT2D eigenvalue weighted by molar-refractivity contribution is 1.10. The first-order valence-electron chi connectivity index (χ1n) is 23.8. The topological polar surface area (TPSA) is 17.8 Å². The Labute approximate surface area is 289 Å². The molecule has 0 fully saturated rings. The van der Waals surface area contributed by atoms with E-state index in [0.717, 1.165) is 0 Å². The van der Waals surface area contributed by atoms with Crippen molar-refractivity contribution in [1.82, 2.24) is 9.55 Å². The molecular weight excluding hydrogens is 544 g/mol. The minimum atomic E-state index is -0.820. The Morgan fingerprint density at radius 2 is 1.11 bits per heavy atom. The molecule has 0 amide bonds. The number of rotatable bonds is 4. The maximum absolute atomic E-state index is 9.43. The Morgan fingerprint density at radius 3 is 1.87 bits per heavy atom. The molecule has 1 aromatic heterocycles. The smallest absolute Gasteiger partial charge is 0.145 e. The number of nitrogens with zero attached hydrogens (tertiary/aromatic N) is 2. The fourth-order valence-electron chi connectivity index (χ4n) is 5.78. The van der Waals surface area contributed by atoms with Gasteiger partial charge in [0.05, 0.1) is 38.4 Å². The third kappa shape index (κ3) is 4.07. The van der Waals surface area contributed by atoms with Gasteiger partial charge in [0.25, 0.3) is 0 Å². The number of hydrogen-bond acceptors (Lipinski definition) is 1. The van der Waals surface area contributed by atoms with Gasteiger partial charge in [-0.05, 0) is 78.8 Å². The molecule has 0 aliphatic carbocycles. The summed E-state index contributed by atoms with van der Waals surface area (Å²) >= 11 is 0. The Kier molecular flexibility index (Phi) is 2.88. The van der Waals surface area contributed by atoms with Gasteiger partial charge < -0.3 is 0 Å². The molecule has 0 saturated carbocycles. The van der Waals surface area contributed by atoms with Gasteiger partial charge >= 0.3 is 0 Å². The van der Waals surface area contributed by atoms with E-state index >= 15 is 0 Å². The number of imidazole rings is 1. The molecule has 0 bridgehead atoms. The molecule has 2 heteroatoms. The summed E-state index contributed by atoms with van der Waals surface area (Å²) in [6.07, 6.45) is 0. The van der Waals surface area contributed by atoms with Crippen molar-refractivity contribution in [2.24, 2.45) is 0 Å². The highest BCUT2D eigenvalue weighted by molar-refractivity contribution is 6.23. The molecular formula is C43H28N2.